The zero-order valence-electron chi connectivity index (χ0n) is 11.2. The summed E-state index contributed by atoms with van der Waals surface area (Å²) in [6, 6.07) is 12.9. The van der Waals surface area contributed by atoms with E-state index in [4.69, 9.17) is 14.2 Å². The molecule has 0 saturated heterocycles. The first-order valence-corrected chi connectivity index (χ1v) is 6.68. The molecule has 2 aliphatic rings. The van der Waals surface area contributed by atoms with E-state index >= 15 is 0 Å². The molecular formula is C17H12O4. The molecule has 2 heterocycles. The standard InChI is InChI=1S/C17H12O4/c18-17-12(9-19-14-4-2-1-3-13(14)17)7-11-5-6-15-16(8-11)21-10-20-15/h1-8H,9-10H2/b12-7+. The van der Waals surface area contributed by atoms with Gasteiger partial charge in [-0.25, -0.2) is 0 Å². The number of carbonyl (C=O) groups excluding carboxylic acids is 1. The van der Waals surface area contributed by atoms with Gasteiger partial charge < -0.3 is 14.2 Å². The van der Waals surface area contributed by atoms with Crippen molar-refractivity contribution in [3.8, 4) is 17.2 Å². The molecule has 0 radical (unpaired) electrons. The summed E-state index contributed by atoms with van der Waals surface area (Å²) >= 11 is 0. The summed E-state index contributed by atoms with van der Waals surface area (Å²) in [6.07, 6.45) is 1.83. The molecule has 4 rings (SSSR count). The van der Waals surface area contributed by atoms with Crippen molar-refractivity contribution < 1.29 is 19.0 Å². The maximum Gasteiger partial charge on any atom is 0.231 e. The number of ether oxygens (including phenoxy) is 3. The van der Waals surface area contributed by atoms with Crippen molar-refractivity contribution in [3.05, 3.63) is 59.2 Å². The monoisotopic (exact) mass is 280 g/mol. The van der Waals surface area contributed by atoms with Crippen LogP contribution < -0.4 is 14.2 Å². The largest absolute Gasteiger partial charge is 0.488 e. The predicted molar refractivity (Wildman–Crippen MR) is 76.8 cm³/mol. The van der Waals surface area contributed by atoms with E-state index in [-0.39, 0.29) is 19.2 Å². The maximum absolute atomic E-state index is 12.5. The van der Waals surface area contributed by atoms with Crippen molar-refractivity contribution in [2.45, 2.75) is 0 Å². The molecule has 0 spiro atoms. The van der Waals surface area contributed by atoms with Gasteiger partial charge in [-0.15, -0.1) is 0 Å². The fourth-order valence-corrected chi connectivity index (χ4v) is 2.49. The Kier molecular flexibility index (Phi) is 2.67. The van der Waals surface area contributed by atoms with Crippen molar-refractivity contribution in [1.82, 2.24) is 0 Å². The maximum atomic E-state index is 12.5. The van der Waals surface area contributed by atoms with E-state index < -0.39 is 0 Å². The summed E-state index contributed by atoms with van der Waals surface area (Å²) in [6.45, 7) is 0.523. The van der Waals surface area contributed by atoms with Gasteiger partial charge in [-0.05, 0) is 35.9 Å². The van der Waals surface area contributed by atoms with E-state index in [1.54, 1.807) is 6.07 Å². The van der Waals surface area contributed by atoms with Crippen LogP contribution in [-0.2, 0) is 0 Å². The molecule has 2 aliphatic heterocycles. The summed E-state index contributed by atoms with van der Waals surface area (Å²) in [5.74, 6) is 2.09. The SMILES string of the molecule is O=C1/C(=C/c2ccc3c(c2)OCO3)COc2ccccc21. The van der Waals surface area contributed by atoms with Crippen LogP contribution in [0.1, 0.15) is 15.9 Å². The van der Waals surface area contributed by atoms with Crippen LogP contribution in [0.2, 0.25) is 0 Å². The fraction of sp³-hybridized carbons (Fsp3) is 0.118. The first-order valence-electron chi connectivity index (χ1n) is 6.68. The lowest BCUT2D eigenvalue weighted by Gasteiger charge is -2.18. The van der Waals surface area contributed by atoms with Gasteiger partial charge in [0.25, 0.3) is 0 Å². The Hall–Kier alpha value is -2.75. The minimum Gasteiger partial charge on any atom is -0.488 e. The highest BCUT2D eigenvalue weighted by Gasteiger charge is 2.23. The van der Waals surface area contributed by atoms with Crippen LogP contribution in [0.25, 0.3) is 6.08 Å². The van der Waals surface area contributed by atoms with Gasteiger partial charge in [0, 0.05) is 5.57 Å². The summed E-state index contributed by atoms with van der Waals surface area (Å²) in [5, 5.41) is 0. The van der Waals surface area contributed by atoms with Gasteiger partial charge in [0.2, 0.25) is 6.79 Å². The van der Waals surface area contributed by atoms with Gasteiger partial charge in [0.15, 0.2) is 17.3 Å². The first kappa shape index (κ1) is 12.0. The number of benzene rings is 2. The Bertz CT molecular complexity index is 761. The first-order chi connectivity index (χ1) is 10.3. The van der Waals surface area contributed by atoms with Crippen LogP contribution in [-0.4, -0.2) is 19.2 Å². The zero-order chi connectivity index (χ0) is 14.2. The van der Waals surface area contributed by atoms with Crippen LogP contribution >= 0.6 is 0 Å². The fourth-order valence-electron chi connectivity index (χ4n) is 2.49. The van der Waals surface area contributed by atoms with Gasteiger partial charge in [0.1, 0.15) is 12.4 Å². The van der Waals surface area contributed by atoms with Gasteiger partial charge in [-0.2, -0.15) is 0 Å². The van der Waals surface area contributed by atoms with Crippen LogP contribution in [0, 0.1) is 0 Å². The number of rotatable bonds is 1. The van der Waals surface area contributed by atoms with E-state index in [1.165, 1.54) is 0 Å². The van der Waals surface area contributed by atoms with E-state index in [9.17, 15) is 4.79 Å². The van der Waals surface area contributed by atoms with E-state index in [0.717, 1.165) is 11.3 Å². The number of fused-ring (bicyclic) bond motifs is 2. The third kappa shape index (κ3) is 2.05. The van der Waals surface area contributed by atoms with Gasteiger partial charge in [-0.3, -0.25) is 4.79 Å². The average Bonchev–Trinajstić information content (AvgIpc) is 2.98. The Morgan fingerprint density at radius 3 is 2.71 bits per heavy atom. The number of hydrogen-bond donors (Lipinski definition) is 0. The Morgan fingerprint density at radius 2 is 1.76 bits per heavy atom. The number of Topliss-reactive ketones (excluding diaryl/α,β-unsaturated/α-hetero) is 1. The molecule has 0 aromatic heterocycles. The highest BCUT2D eigenvalue weighted by Crippen LogP contribution is 2.34. The highest BCUT2D eigenvalue weighted by molar-refractivity contribution is 6.14. The molecule has 0 atom stereocenters. The molecule has 21 heavy (non-hydrogen) atoms. The quantitative estimate of drug-likeness (QED) is 0.753. The second-order valence-corrected chi connectivity index (χ2v) is 4.90. The molecule has 4 nitrogen and oxygen atoms in total. The number of para-hydroxylation sites is 1. The Balaban J connectivity index is 1.69. The molecule has 0 amide bonds. The summed E-state index contributed by atoms with van der Waals surface area (Å²) in [7, 11) is 0. The van der Waals surface area contributed by atoms with Crippen molar-refractivity contribution in [3.63, 3.8) is 0 Å². The molecule has 2 aromatic rings. The average molecular weight is 280 g/mol. The Labute approximate surface area is 121 Å². The van der Waals surface area contributed by atoms with Crippen LogP contribution in [0.15, 0.2) is 48.0 Å². The van der Waals surface area contributed by atoms with Gasteiger partial charge >= 0.3 is 0 Å². The molecule has 0 unspecified atom stereocenters. The zero-order valence-corrected chi connectivity index (χ0v) is 11.2. The molecule has 0 aliphatic carbocycles. The van der Waals surface area contributed by atoms with E-state index in [0.29, 0.717) is 22.6 Å². The molecule has 0 N–H and O–H groups in total. The summed E-state index contributed by atoms with van der Waals surface area (Å²) in [5.41, 5.74) is 2.13. The van der Waals surface area contributed by atoms with Gasteiger partial charge in [0.05, 0.1) is 5.56 Å². The lowest BCUT2D eigenvalue weighted by atomic mass is 9.98. The molecule has 104 valence electrons. The minimum absolute atomic E-state index is 0.00881. The van der Waals surface area contributed by atoms with Gasteiger partial charge in [-0.1, -0.05) is 18.2 Å². The summed E-state index contributed by atoms with van der Waals surface area (Å²) < 4.78 is 16.2. The highest BCUT2D eigenvalue weighted by atomic mass is 16.7. The molecule has 0 saturated carbocycles. The summed E-state index contributed by atoms with van der Waals surface area (Å²) in [4.78, 5) is 12.5. The molecule has 2 aromatic carbocycles. The third-order valence-electron chi connectivity index (χ3n) is 3.54. The van der Waals surface area contributed by atoms with E-state index in [1.807, 2.05) is 42.5 Å². The predicted octanol–water partition coefficient (Wildman–Crippen LogP) is 3.07. The lowest BCUT2D eigenvalue weighted by Crippen LogP contribution is -2.18. The topological polar surface area (TPSA) is 44.8 Å². The molecular weight excluding hydrogens is 268 g/mol. The second-order valence-electron chi connectivity index (χ2n) is 4.90. The van der Waals surface area contributed by atoms with Crippen molar-refractivity contribution in [1.29, 1.82) is 0 Å². The number of hydrogen-bond acceptors (Lipinski definition) is 4. The van der Waals surface area contributed by atoms with E-state index in [2.05, 4.69) is 0 Å². The minimum atomic E-state index is 0.00881. The lowest BCUT2D eigenvalue weighted by molar-refractivity contribution is 0.100. The normalized spacial score (nSPS) is 17.5. The molecule has 0 fully saturated rings. The van der Waals surface area contributed by atoms with Crippen molar-refractivity contribution in [2.75, 3.05) is 13.4 Å². The smallest absolute Gasteiger partial charge is 0.231 e. The van der Waals surface area contributed by atoms with Crippen LogP contribution in [0.5, 0.6) is 17.2 Å². The van der Waals surface area contributed by atoms with Crippen LogP contribution in [0.4, 0.5) is 0 Å². The van der Waals surface area contributed by atoms with Crippen molar-refractivity contribution >= 4 is 11.9 Å². The third-order valence-corrected chi connectivity index (χ3v) is 3.54. The Morgan fingerprint density at radius 1 is 0.905 bits per heavy atom. The molecule has 0 bridgehead atoms. The number of ketones is 1. The number of carbonyl (C=O) groups is 1. The second kappa shape index (κ2) is 4.66. The molecule has 4 heteroatoms. The van der Waals surface area contributed by atoms with Crippen molar-refractivity contribution in [2.24, 2.45) is 0 Å². The van der Waals surface area contributed by atoms with Crippen LogP contribution in [0.3, 0.4) is 0 Å².